The van der Waals surface area contributed by atoms with Crippen molar-refractivity contribution in [1.82, 2.24) is 4.98 Å². The van der Waals surface area contributed by atoms with Gasteiger partial charge in [0, 0.05) is 6.26 Å². The van der Waals surface area contributed by atoms with Crippen LogP contribution < -0.4 is 0 Å². The Labute approximate surface area is 92.0 Å². The second kappa shape index (κ2) is 4.28. The number of rotatable bonds is 3. The van der Waals surface area contributed by atoms with Gasteiger partial charge in [-0.1, -0.05) is 11.3 Å². The first-order valence-electron chi connectivity index (χ1n) is 4.21. The summed E-state index contributed by atoms with van der Waals surface area (Å²) in [5, 5.41) is 0. The summed E-state index contributed by atoms with van der Waals surface area (Å²) < 4.78 is 27.1. The molecule has 1 heterocycles. The molecule has 5 nitrogen and oxygen atoms in total. The molecule has 0 atom stereocenters. The fourth-order valence-corrected chi connectivity index (χ4v) is 2.77. The summed E-state index contributed by atoms with van der Waals surface area (Å²) in [5.41, 5.74) is 0.388. The molecule has 0 amide bonds. The number of esters is 1. The minimum absolute atomic E-state index is 0.0527. The molecule has 0 unspecified atom stereocenters. The van der Waals surface area contributed by atoms with Gasteiger partial charge in [0.25, 0.3) is 0 Å². The van der Waals surface area contributed by atoms with Gasteiger partial charge in [-0.3, -0.25) is 0 Å². The van der Waals surface area contributed by atoms with Crippen molar-refractivity contribution in [2.75, 3.05) is 12.9 Å². The molecule has 0 aliphatic heterocycles. The van der Waals surface area contributed by atoms with Gasteiger partial charge >= 0.3 is 5.97 Å². The highest BCUT2D eigenvalue weighted by molar-refractivity contribution is 7.92. The first-order chi connectivity index (χ1) is 6.86. The summed E-state index contributed by atoms with van der Waals surface area (Å²) in [6.45, 7) is 3.52. The standard InChI is InChI=1S/C8H11NO4S2/c1-4-13-7(10)6-5(2)9-8(14-6)15(3,11)12/h4H2,1-3H3. The number of aromatic nitrogens is 1. The summed E-state index contributed by atoms with van der Waals surface area (Å²) >= 11 is 0.841. The van der Waals surface area contributed by atoms with Gasteiger partial charge in [0.1, 0.15) is 4.88 Å². The normalized spacial score (nSPS) is 11.4. The number of carbonyl (C=O) groups is 1. The lowest BCUT2D eigenvalue weighted by Crippen LogP contribution is -2.03. The summed E-state index contributed by atoms with van der Waals surface area (Å²) in [7, 11) is -3.35. The third-order valence-corrected chi connectivity index (χ3v) is 4.37. The summed E-state index contributed by atoms with van der Waals surface area (Å²) in [6, 6.07) is 0. The molecule has 0 spiro atoms. The Kier molecular flexibility index (Phi) is 3.46. The van der Waals surface area contributed by atoms with E-state index in [1.807, 2.05) is 0 Å². The molecular weight excluding hydrogens is 238 g/mol. The Hall–Kier alpha value is -0.950. The lowest BCUT2D eigenvalue weighted by Gasteiger charge is -1.97. The highest BCUT2D eigenvalue weighted by atomic mass is 32.2. The maximum absolute atomic E-state index is 11.4. The van der Waals surface area contributed by atoms with Crippen molar-refractivity contribution in [3.05, 3.63) is 10.6 Å². The van der Waals surface area contributed by atoms with E-state index in [1.54, 1.807) is 13.8 Å². The first-order valence-corrected chi connectivity index (χ1v) is 6.91. The van der Waals surface area contributed by atoms with Gasteiger partial charge in [-0.15, -0.1) is 0 Å². The minimum atomic E-state index is -3.35. The topological polar surface area (TPSA) is 73.3 Å². The monoisotopic (exact) mass is 249 g/mol. The molecule has 0 radical (unpaired) electrons. The molecule has 0 N–H and O–H groups in total. The van der Waals surface area contributed by atoms with E-state index in [0.29, 0.717) is 5.69 Å². The Morgan fingerprint density at radius 2 is 2.13 bits per heavy atom. The number of aryl methyl sites for hydroxylation is 1. The molecule has 15 heavy (non-hydrogen) atoms. The van der Waals surface area contributed by atoms with Crippen LogP contribution >= 0.6 is 11.3 Å². The van der Waals surface area contributed by atoms with Crippen LogP contribution in [0.15, 0.2) is 4.34 Å². The molecule has 0 aliphatic carbocycles. The second-order valence-electron chi connectivity index (χ2n) is 2.89. The van der Waals surface area contributed by atoms with Crippen LogP contribution in [0.2, 0.25) is 0 Å². The van der Waals surface area contributed by atoms with Gasteiger partial charge in [0.05, 0.1) is 12.3 Å². The largest absolute Gasteiger partial charge is 0.462 e. The summed E-state index contributed by atoms with van der Waals surface area (Å²) in [5.74, 6) is -0.526. The van der Waals surface area contributed by atoms with Gasteiger partial charge < -0.3 is 4.74 Å². The quantitative estimate of drug-likeness (QED) is 0.748. The predicted octanol–water partition coefficient (Wildman–Crippen LogP) is 1.03. The SMILES string of the molecule is CCOC(=O)c1sc(S(C)(=O)=O)nc1C. The third kappa shape index (κ3) is 2.75. The average molecular weight is 249 g/mol. The van der Waals surface area contributed by atoms with Crippen molar-refractivity contribution in [3.63, 3.8) is 0 Å². The number of hydrogen-bond donors (Lipinski definition) is 0. The fraction of sp³-hybridized carbons (Fsp3) is 0.500. The highest BCUT2D eigenvalue weighted by Crippen LogP contribution is 2.22. The van der Waals surface area contributed by atoms with Gasteiger partial charge in [0.2, 0.25) is 14.2 Å². The van der Waals surface area contributed by atoms with Crippen molar-refractivity contribution in [2.24, 2.45) is 0 Å². The maximum Gasteiger partial charge on any atom is 0.350 e. The van der Waals surface area contributed by atoms with E-state index >= 15 is 0 Å². The van der Waals surface area contributed by atoms with Crippen molar-refractivity contribution < 1.29 is 17.9 Å². The van der Waals surface area contributed by atoms with Crippen molar-refractivity contribution >= 4 is 27.1 Å². The number of nitrogens with zero attached hydrogens (tertiary/aromatic N) is 1. The Bertz CT molecular complexity index is 475. The number of carbonyl (C=O) groups excluding carboxylic acids is 1. The fourth-order valence-electron chi connectivity index (χ4n) is 0.916. The van der Waals surface area contributed by atoms with E-state index < -0.39 is 15.8 Å². The van der Waals surface area contributed by atoms with Crippen LogP contribution in [0.5, 0.6) is 0 Å². The number of sulfone groups is 1. The van der Waals surface area contributed by atoms with Gasteiger partial charge in [-0.05, 0) is 13.8 Å². The average Bonchev–Trinajstić information content (AvgIpc) is 2.47. The van der Waals surface area contributed by atoms with Crippen LogP contribution in [-0.2, 0) is 14.6 Å². The molecule has 0 aliphatic rings. The zero-order valence-electron chi connectivity index (χ0n) is 8.60. The van der Waals surface area contributed by atoms with Crippen LogP contribution in [0.4, 0.5) is 0 Å². The number of thiazole rings is 1. The second-order valence-corrected chi connectivity index (χ2v) is 6.08. The Balaban J connectivity index is 3.13. The predicted molar refractivity (Wildman–Crippen MR) is 55.9 cm³/mol. The Morgan fingerprint density at radius 3 is 2.53 bits per heavy atom. The molecule has 0 saturated heterocycles. The van der Waals surface area contributed by atoms with Crippen LogP contribution in [0.25, 0.3) is 0 Å². The summed E-state index contributed by atoms with van der Waals surface area (Å²) in [4.78, 5) is 15.4. The highest BCUT2D eigenvalue weighted by Gasteiger charge is 2.20. The molecular formula is C8H11NO4S2. The van der Waals surface area contributed by atoms with E-state index in [-0.39, 0.29) is 15.8 Å². The van der Waals surface area contributed by atoms with E-state index in [4.69, 9.17) is 4.74 Å². The van der Waals surface area contributed by atoms with E-state index in [2.05, 4.69) is 4.98 Å². The molecule has 7 heteroatoms. The molecule has 1 rings (SSSR count). The lowest BCUT2D eigenvalue weighted by atomic mass is 10.4. The molecule has 0 bridgehead atoms. The van der Waals surface area contributed by atoms with Gasteiger partial charge in [-0.2, -0.15) is 0 Å². The number of hydrogen-bond acceptors (Lipinski definition) is 6. The van der Waals surface area contributed by atoms with E-state index in [1.165, 1.54) is 0 Å². The van der Waals surface area contributed by atoms with Crippen molar-refractivity contribution in [3.8, 4) is 0 Å². The van der Waals surface area contributed by atoms with Crippen molar-refractivity contribution in [2.45, 2.75) is 18.2 Å². The van der Waals surface area contributed by atoms with Gasteiger partial charge in [-0.25, -0.2) is 18.2 Å². The first kappa shape index (κ1) is 12.1. The molecule has 0 fully saturated rings. The van der Waals surface area contributed by atoms with Crippen LogP contribution in [-0.4, -0.2) is 32.2 Å². The van der Waals surface area contributed by atoms with Crippen molar-refractivity contribution in [1.29, 1.82) is 0 Å². The van der Waals surface area contributed by atoms with Crippen LogP contribution in [0.3, 0.4) is 0 Å². The molecule has 84 valence electrons. The smallest absolute Gasteiger partial charge is 0.350 e. The van der Waals surface area contributed by atoms with Crippen LogP contribution in [0, 0.1) is 6.92 Å². The van der Waals surface area contributed by atoms with Crippen LogP contribution in [0.1, 0.15) is 22.3 Å². The van der Waals surface area contributed by atoms with E-state index in [9.17, 15) is 13.2 Å². The summed E-state index contributed by atoms with van der Waals surface area (Å²) in [6.07, 6.45) is 1.06. The minimum Gasteiger partial charge on any atom is -0.462 e. The van der Waals surface area contributed by atoms with Gasteiger partial charge in [0.15, 0.2) is 0 Å². The third-order valence-electron chi connectivity index (χ3n) is 1.55. The maximum atomic E-state index is 11.4. The lowest BCUT2D eigenvalue weighted by molar-refractivity contribution is 0.0531. The molecule has 1 aromatic heterocycles. The molecule has 0 saturated carbocycles. The zero-order chi connectivity index (χ0) is 11.6. The molecule has 1 aromatic rings. The number of ether oxygens (including phenoxy) is 1. The Morgan fingerprint density at radius 1 is 1.53 bits per heavy atom. The molecule has 0 aromatic carbocycles. The van der Waals surface area contributed by atoms with E-state index in [0.717, 1.165) is 17.6 Å². The zero-order valence-corrected chi connectivity index (χ0v) is 10.2.